The minimum atomic E-state index is -0.949. The number of urea groups is 1. The molecule has 2 amide bonds. The van der Waals surface area contributed by atoms with E-state index in [0.717, 1.165) is 12.8 Å². The van der Waals surface area contributed by atoms with Crippen LogP contribution in [0.2, 0.25) is 0 Å². The van der Waals surface area contributed by atoms with Crippen molar-refractivity contribution < 1.29 is 19.4 Å². The number of anilines is 1. The number of carboxylic acids is 1. The van der Waals surface area contributed by atoms with Crippen LogP contribution in [0.1, 0.15) is 19.3 Å². The Morgan fingerprint density at radius 1 is 1.30 bits per heavy atom. The number of likely N-dealkylation sites (tertiary alicyclic amines) is 1. The molecule has 108 valence electrons. The summed E-state index contributed by atoms with van der Waals surface area (Å²) in [6.45, 7) is 0.471. The Balaban J connectivity index is 2.03. The number of ether oxygens (including phenoxy) is 1. The third-order valence-corrected chi connectivity index (χ3v) is 3.39. The molecule has 6 nitrogen and oxygen atoms in total. The molecule has 2 N–H and O–H groups in total. The van der Waals surface area contributed by atoms with E-state index in [4.69, 9.17) is 9.84 Å². The van der Waals surface area contributed by atoms with Crippen LogP contribution in [-0.2, 0) is 4.79 Å². The van der Waals surface area contributed by atoms with E-state index in [0.29, 0.717) is 24.4 Å². The summed E-state index contributed by atoms with van der Waals surface area (Å²) in [6.07, 6.45) is 2.18. The third kappa shape index (κ3) is 3.20. The molecular formula is C14H18N2O4. The summed E-state index contributed by atoms with van der Waals surface area (Å²) in [5, 5.41) is 11.9. The Kier molecular flexibility index (Phi) is 4.45. The molecule has 20 heavy (non-hydrogen) atoms. The van der Waals surface area contributed by atoms with Crippen LogP contribution in [0.15, 0.2) is 24.3 Å². The lowest BCUT2D eigenvalue weighted by Crippen LogP contribution is -2.49. The van der Waals surface area contributed by atoms with E-state index >= 15 is 0 Å². The first kappa shape index (κ1) is 14.2. The largest absolute Gasteiger partial charge is 0.497 e. The topological polar surface area (TPSA) is 78.9 Å². The van der Waals surface area contributed by atoms with Crippen molar-refractivity contribution in [1.29, 1.82) is 0 Å². The molecule has 1 saturated heterocycles. The number of carbonyl (C=O) groups is 2. The molecule has 0 aromatic heterocycles. The summed E-state index contributed by atoms with van der Waals surface area (Å²) >= 11 is 0. The Morgan fingerprint density at radius 3 is 2.60 bits per heavy atom. The molecule has 1 aromatic rings. The highest BCUT2D eigenvalue weighted by Crippen LogP contribution is 2.20. The van der Waals surface area contributed by atoms with Crippen molar-refractivity contribution >= 4 is 17.7 Å². The van der Waals surface area contributed by atoms with E-state index in [1.807, 2.05) is 0 Å². The van der Waals surface area contributed by atoms with Crippen molar-refractivity contribution in [3.8, 4) is 5.75 Å². The van der Waals surface area contributed by atoms with Gasteiger partial charge in [-0.25, -0.2) is 9.59 Å². The van der Waals surface area contributed by atoms with Crippen molar-refractivity contribution in [2.45, 2.75) is 25.3 Å². The fraction of sp³-hybridized carbons (Fsp3) is 0.429. The number of hydrogen-bond acceptors (Lipinski definition) is 3. The van der Waals surface area contributed by atoms with Gasteiger partial charge < -0.3 is 20.1 Å². The smallest absolute Gasteiger partial charge is 0.326 e. The molecule has 2 rings (SSSR count). The van der Waals surface area contributed by atoms with Crippen molar-refractivity contribution in [3.63, 3.8) is 0 Å². The molecule has 1 heterocycles. The number of hydrogen-bond donors (Lipinski definition) is 2. The number of carbonyl (C=O) groups excluding carboxylic acids is 1. The van der Waals surface area contributed by atoms with E-state index in [9.17, 15) is 9.59 Å². The maximum atomic E-state index is 12.2. The highest BCUT2D eigenvalue weighted by Gasteiger charge is 2.31. The van der Waals surface area contributed by atoms with E-state index < -0.39 is 12.0 Å². The zero-order chi connectivity index (χ0) is 14.5. The van der Waals surface area contributed by atoms with Gasteiger partial charge in [0.25, 0.3) is 0 Å². The first-order valence-electron chi connectivity index (χ1n) is 6.56. The minimum Gasteiger partial charge on any atom is -0.497 e. The average molecular weight is 278 g/mol. The lowest BCUT2D eigenvalue weighted by Gasteiger charge is -2.32. The average Bonchev–Trinajstić information content (AvgIpc) is 2.48. The molecule has 0 aliphatic carbocycles. The monoisotopic (exact) mass is 278 g/mol. The van der Waals surface area contributed by atoms with Crippen LogP contribution in [0.3, 0.4) is 0 Å². The Bertz CT molecular complexity index is 486. The molecular weight excluding hydrogens is 260 g/mol. The molecule has 0 bridgehead atoms. The lowest BCUT2D eigenvalue weighted by atomic mass is 10.0. The molecule has 1 aliphatic heterocycles. The minimum absolute atomic E-state index is 0.373. The number of piperidine rings is 1. The number of aliphatic carboxylic acids is 1. The summed E-state index contributed by atoms with van der Waals surface area (Å²) in [4.78, 5) is 24.7. The van der Waals surface area contributed by atoms with Gasteiger partial charge in [0, 0.05) is 12.2 Å². The van der Waals surface area contributed by atoms with Crippen molar-refractivity contribution in [2.24, 2.45) is 0 Å². The predicted octanol–water partition coefficient (Wildman–Crippen LogP) is 2.17. The van der Waals surface area contributed by atoms with Gasteiger partial charge in [-0.05, 0) is 43.5 Å². The van der Waals surface area contributed by atoms with Gasteiger partial charge in [0.15, 0.2) is 0 Å². The fourth-order valence-electron chi connectivity index (χ4n) is 2.30. The van der Waals surface area contributed by atoms with Crippen molar-refractivity contribution in [1.82, 2.24) is 4.90 Å². The first-order valence-corrected chi connectivity index (χ1v) is 6.56. The van der Waals surface area contributed by atoms with Gasteiger partial charge in [0.05, 0.1) is 7.11 Å². The van der Waals surface area contributed by atoms with E-state index in [1.165, 1.54) is 4.90 Å². The lowest BCUT2D eigenvalue weighted by molar-refractivity contribution is -0.143. The highest BCUT2D eigenvalue weighted by molar-refractivity contribution is 5.92. The van der Waals surface area contributed by atoms with Crippen molar-refractivity contribution in [3.05, 3.63) is 24.3 Å². The Morgan fingerprint density at radius 2 is 2.00 bits per heavy atom. The molecule has 1 aromatic carbocycles. The number of benzene rings is 1. The first-order chi connectivity index (χ1) is 9.61. The maximum absolute atomic E-state index is 12.2. The van der Waals surface area contributed by atoms with Gasteiger partial charge in [-0.15, -0.1) is 0 Å². The standard InChI is InChI=1S/C14H18N2O4/c1-20-11-7-5-10(6-8-11)15-14(19)16-9-3-2-4-12(16)13(17)18/h5-8,12H,2-4,9H2,1H3,(H,15,19)(H,17,18)/t12-/m1/s1. The quantitative estimate of drug-likeness (QED) is 0.888. The van der Waals surface area contributed by atoms with Crippen LogP contribution in [0, 0.1) is 0 Å². The zero-order valence-corrected chi connectivity index (χ0v) is 11.3. The highest BCUT2D eigenvalue weighted by atomic mass is 16.5. The predicted molar refractivity (Wildman–Crippen MR) is 74.0 cm³/mol. The molecule has 1 aliphatic rings. The molecule has 0 radical (unpaired) electrons. The van der Waals surface area contributed by atoms with Crippen LogP contribution >= 0.6 is 0 Å². The van der Waals surface area contributed by atoms with Crippen LogP contribution in [0.25, 0.3) is 0 Å². The van der Waals surface area contributed by atoms with E-state index in [-0.39, 0.29) is 6.03 Å². The molecule has 0 unspecified atom stereocenters. The number of carboxylic acid groups (broad SMARTS) is 1. The van der Waals surface area contributed by atoms with E-state index in [2.05, 4.69) is 5.32 Å². The zero-order valence-electron chi connectivity index (χ0n) is 11.3. The summed E-state index contributed by atoms with van der Waals surface area (Å²) in [6, 6.07) is 5.80. The number of rotatable bonds is 3. The Labute approximate surface area is 117 Å². The van der Waals surface area contributed by atoms with Crippen LogP contribution in [0.4, 0.5) is 10.5 Å². The molecule has 6 heteroatoms. The number of nitrogens with zero attached hydrogens (tertiary/aromatic N) is 1. The summed E-state index contributed by atoms with van der Waals surface area (Å²) in [5.74, 6) is -0.251. The van der Waals surface area contributed by atoms with Gasteiger partial charge in [-0.2, -0.15) is 0 Å². The van der Waals surface area contributed by atoms with Crippen LogP contribution < -0.4 is 10.1 Å². The second-order valence-corrected chi connectivity index (χ2v) is 4.70. The number of nitrogens with one attached hydrogen (secondary N) is 1. The summed E-state index contributed by atoms with van der Waals surface area (Å²) in [7, 11) is 1.57. The molecule has 1 atom stereocenters. The summed E-state index contributed by atoms with van der Waals surface area (Å²) in [5.41, 5.74) is 0.616. The van der Waals surface area contributed by atoms with Crippen molar-refractivity contribution in [2.75, 3.05) is 19.0 Å². The van der Waals surface area contributed by atoms with Gasteiger partial charge in [0.2, 0.25) is 0 Å². The van der Waals surface area contributed by atoms with Crippen LogP contribution in [0.5, 0.6) is 5.75 Å². The summed E-state index contributed by atoms with van der Waals surface area (Å²) < 4.78 is 5.04. The van der Waals surface area contributed by atoms with Gasteiger partial charge in [0.1, 0.15) is 11.8 Å². The molecule has 0 saturated carbocycles. The van der Waals surface area contributed by atoms with Gasteiger partial charge >= 0.3 is 12.0 Å². The van der Waals surface area contributed by atoms with Crippen LogP contribution in [-0.4, -0.2) is 41.7 Å². The third-order valence-electron chi connectivity index (χ3n) is 3.39. The SMILES string of the molecule is COc1ccc(NC(=O)N2CCCC[C@@H]2C(=O)O)cc1. The number of methoxy groups -OCH3 is 1. The normalized spacial score (nSPS) is 18.4. The van der Waals surface area contributed by atoms with E-state index in [1.54, 1.807) is 31.4 Å². The fourth-order valence-corrected chi connectivity index (χ4v) is 2.30. The van der Waals surface area contributed by atoms with Gasteiger partial charge in [-0.3, -0.25) is 0 Å². The van der Waals surface area contributed by atoms with Gasteiger partial charge in [-0.1, -0.05) is 0 Å². The molecule has 0 spiro atoms. The second kappa shape index (κ2) is 6.27. The maximum Gasteiger partial charge on any atom is 0.326 e. The number of amides is 2. The second-order valence-electron chi connectivity index (χ2n) is 4.70. The molecule has 1 fully saturated rings. The Hall–Kier alpha value is -2.24.